The summed E-state index contributed by atoms with van der Waals surface area (Å²) in [4.78, 5) is 13.5. The molecule has 0 bridgehead atoms. The van der Waals surface area contributed by atoms with Crippen LogP contribution in [0, 0.1) is 5.53 Å². The largest absolute Gasteiger partial charge is 0.379 e. The van der Waals surface area contributed by atoms with Crippen molar-refractivity contribution in [3.8, 4) is 0 Å². The van der Waals surface area contributed by atoms with Gasteiger partial charge in [0.05, 0.1) is 11.7 Å². The third-order valence-corrected chi connectivity index (χ3v) is 3.11. The van der Waals surface area contributed by atoms with Gasteiger partial charge in [0.1, 0.15) is 6.23 Å². The van der Waals surface area contributed by atoms with Crippen molar-refractivity contribution in [2.45, 2.75) is 46.5 Å². The fourth-order valence-electron chi connectivity index (χ4n) is 1.53. The van der Waals surface area contributed by atoms with Crippen LogP contribution in [-0.2, 0) is 11.3 Å². The van der Waals surface area contributed by atoms with Crippen LogP contribution >= 0.6 is 0 Å². The Kier molecular flexibility index (Phi) is 9.16. The van der Waals surface area contributed by atoms with Crippen LogP contribution in [0.2, 0.25) is 0 Å². The molecule has 0 fully saturated rings. The number of hydrogen-bond donors (Lipinski definition) is 3. The van der Waals surface area contributed by atoms with Crippen molar-refractivity contribution in [3.63, 3.8) is 0 Å². The topological polar surface area (TPSA) is 88.8 Å². The molecule has 1 aromatic rings. The van der Waals surface area contributed by atoms with Crippen molar-refractivity contribution in [2.75, 3.05) is 7.05 Å². The van der Waals surface area contributed by atoms with Crippen LogP contribution in [0.25, 0.3) is 0 Å². The Morgan fingerprint density at radius 1 is 1.38 bits per heavy atom. The molecule has 0 aromatic heterocycles. The molecule has 21 heavy (non-hydrogen) atoms. The van der Waals surface area contributed by atoms with E-state index < -0.39 is 12.3 Å². The van der Waals surface area contributed by atoms with Crippen molar-refractivity contribution in [1.29, 1.82) is 5.53 Å². The first kappa shape index (κ1) is 19.2. The Bertz CT molecular complexity index is 438. The second kappa shape index (κ2) is 10.0. The Morgan fingerprint density at radius 3 is 2.33 bits per heavy atom. The fraction of sp³-hybridized carbons (Fsp3) is 0.533. The number of nitrogens with zero attached hydrogens (tertiary/aromatic N) is 2. The predicted octanol–water partition coefficient (Wildman–Crippen LogP) is 2.90. The van der Waals surface area contributed by atoms with E-state index in [1.54, 1.807) is 37.9 Å². The summed E-state index contributed by atoms with van der Waals surface area (Å²) in [5, 5.41) is 15.5. The highest BCUT2D eigenvalue weighted by molar-refractivity contribution is 5.81. The van der Waals surface area contributed by atoms with E-state index >= 15 is 0 Å². The van der Waals surface area contributed by atoms with E-state index in [1.807, 2.05) is 26.0 Å². The third-order valence-electron chi connectivity index (χ3n) is 3.11. The molecular weight excluding hydrogens is 268 g/mol. The maximum absolute atomic E-state index is 11.9. The number of amides is 1. The van der Waals surface area contributed by atoms with Crippen LogP contribution in [0.5, 0.6) is 0 Å². The average Bonchev–Trinajstić information content (AvgIpc) is 2.53. The van der Waals surface area contributed by atoms with E-state index in [4.69, 9.17) is 5.53 Å². The molecule has 0 heterocycles. The molecule has 3 N–H and O–H groups in total. The van der Waals surface area contributed by atoms with Crippen LogP contribution in [0.4, 0.5) is 5.69 Å². The lowest BCUT2D eigenvalue weighted by Crippen LogP contribution is -2.46. The monoisotopic (exact) mass is 296 g/mol. The molecule has 120 valence electrons. The second-order valence-corrected chi connectivity index (χ2v) is 4.47. The lowest BCUT2D eigenvalue weighted by Gasteiger charge is -2.26. The normalized spacial score (nSPS) is 12.9. The number of likely N-dealkylation sites (N-methyl/N-ethyl adjacent to an activating group) is 1. The Labute approximate surface area is 128 Å². The minimum Gasteiger partial charge on any atom is -0.379 e. The lowest BCUT2D eigenvalue weighted by atomic mass is 10.2. The highest BCUT2D eigenvalue weighted by atomic mass is 16.3. The van der Waals surface area contributed by atoms with Gasteiger partial charge < -0.3 is 10.4 Å². The molecule has 0 spiro atoms. The maximum atomic E-state index is 11.9. The SMILES string of the molecule is CC.CC(O)N(C)C(C)C(=O)NCc1ccc(N=N)cc1.[HH]. The number of carbonyl (C=O) groups is 1. The molecule has 0 aliphatic carbocycles. The summed E-state index contributed by atoms with van der Waals surface area (Å²) in [6.07, 6.45) is -0.668. The number of carbonyl (C=O) groups excluding carboxylic acids is 1. The quantitative estimate of drug-likeness (QED) is 0.557. The Balaban J connectivity index is 0. The summed E-state index contributed by atoms with van der Waals surface area (Å²) in [5.41, 5.74) is 8.37. The van der Waals surface area contributed by atoms with E-state index in [0.29, 0.717) is 12.2 Å². The molecule has 0 saturated heterocycles. The number of aliphatic hydroxyl groups excluding tert-OH is 1. The van der Waals surface area contributed by atoms with Gasteiger partial charge in [-0.2, -0.15) is 5.11 Å². The zero-order chi connectivity index (χ0) is 16.4. The van der Waals surface area contributed by atoms with E-state index in [9.17, 15) is 9.90 Å². The number of rotatable bonds is 6. The van der Waals surface area contributed by atoms with Crippen molar-refractivity contribution in [2.24, 2.45) is 5.11 Å². The molecule has 1 rings (SSSR count). The number of hydrogen-bond acceptors (Lipinski definition) is 5. The smallest absolute Gasteiger partial charge is 0.237 e. The molecule has 0 aliphatic rings. The Hall–Kier alpha value is -1.79. The molecule has 1 amide bonds. The van der Waals surface area contributed by atoms with Gasteiger partial charge in [0.25, 0.3) is 0 Å². The van der Waals surface area contributed by atoms with Gasteiger partial charge in [-0.05, 0) is 38.6 Å². The first-order valence-corrected chi connectivity index (χ1v) is 7.09. The summed E-state index contributed by atoms with van der Waals surface area (Å²) in [7, 11) is 1.69. The van der Waals surface area contributed by atoms with Crippen LogP contribution in [0.15, 0.2) is 29.4 Å². The van der Waals surface area contributed by atoms with Crippen molar-refractivity contribution < 1.29 is 11.3 Å². The lowest BCUT2D eigenvalue weighted by molar-refractivity contribution is -0.129. The average molecular weight is 296 g/mol. The highest BCUT2D eigenvalue weighted by Crippen LogP contribution is 2.12. The summed E-state index contributed by atoms with van der Waals surface area (Å²) in [6, 6.07) is 6.68. The van der Waals surface area contributed by atoms with Crippen LogP contribution in [-0.4, -0.2) is 35.2 Å². The van der Waals surface area contributed by atoms with E-state index in [2.05, 4.69) is 10.4 Å². The molecule has 1 aromatic carbocycles. The summed E-state index contributed by atoms with van der Waals surface area (Å²) >= 11 is 0. The van der Waals surface area contributed by atoms with Crippen LogP contribution in [0.1, 0.15) is 34.7 Å². The first-order valence-electron chi connectivity index (χ1n) is 7.09. The number of aliphatic hydroxyl groups is 1. The van der Waals surface area contributed by atoms with Gasteiger partial charge in [0.15, 0.2) is 0 Å². The predicted molar refractivity (Wildman–Crippen MR) is 85.5 cm³/mol. The van der Waals surface area contributed by atoms with Crippen molar-refractivity contribution >= 4 is 11.6 Å². The van der Waals surface area contributed by atoms with Crippen LogP contribution < -0.4 is 5.32 Å². The van der Waals surface area contributed by atoms with Crippen molar-refractivity contribution in [3.05, 3.63) is 29.8 Å². The number of nitrogens with one attached hydrogen (secondary N) is 2. The minimum atomic E-state index is -0.668. The minimum absolute atomic E-state index is 0. The second-order valence-electron chi connectivity index (χ2n) is 4.47. The summed E-state index contributed by atoms with van der Waals surface area (Å²) in [5.74, 6) is -0.141. The third kappa shape index (κ3) is 6.46. The van der Waals surface area contributed by atoms with E-state index in [1.165, 1.54) is 0 Å². The zero-order valence-electron chi connectivity index (χ0n) is 13.4. The van der Waals surface area contributed by atoms with Crippen LogP contribution in [0.3, 0.4) is 0 Å². The van der Waals surface area contributed by atoms with E-state index in [0.717, 1.165) is 5.56 Å². The van der Waals surface area contributed by atoms with Gasteiger partial charge >= 0.3 is 0 Å². The van der Waals surface area contributed by atoms with Gasteiger partial charge in [0.2, 0.25) is 5.91 Å². The van der Waals surface area contributed by atoms with Gasteiger partial charge in [0, 0.05) is 7.97 Å². The van der Waals surface area contributed by atoms with Crippen molar-refractivity contribution in [1.82, 2.24) is 10.2 Å². The van der Waals surface area contributed by atoms with Gasteiger partial charge in [-0.25, -0.2) is 5.53 Å². The molecule has 2 atom stereocenters. The molecule has 0 aliphatic heterocycles. The highest BCUT2D eigenvalue weighted by Gasteiger charge is 2.20. The fourth-order valence-corrected chi connectivity index (χ4v) is 1.53. The molecule has 6 heteroatoms. The molecule has 2 unspecified atom stereocenters. The van der Waals surface area contributed by atoms with E-state index in [-0.39, 0.29) is 7.33 Å². The Morgan fingerprint density at radius 2 is 1.90 bits per heavy atom. The molecule has 0 saturated carbocycles. The standard InChI is InChI=1S/C13H20N4O2.C2H6.H2/c1-9(17(3)10(2)18)13(19)15-8-11-4-6-12(16-14)7-5-11;1-2;/h4-7,9-10,14,18H,8H2,1-3H3,(H,15,19);1-2H3;1H. The maximum Gasteiger partial charge on any atom is 0.237 e. The molecular formula is C15H28N4O2. The van der Waals surface area contributed by atoms with Gasteiger partial charge in [-0.15, -0.1) is 0 Å². The molecule has 6 nitrogen and oxygen atoms in total. The summed E-state index contributed by atoms with van der Waals surface area (Å²) < 4.78 is 0. The molecule has 0 radical (unpaired) electrons. The van der Waals surface area contributed by atoms with Gasteiger partial charge in [-0.1, -0.05) is 26.0 Å². The zero-order valence-corrected chi connectivity index (χ0v) is 13.4. The van der Waals surface area contributed by atoms with Gasteiger partial charge in [-0.3, -0.25) is 9.69 Å². The summed E-state index contributed by atoms with van der Waals surface area (Å²) in [6.45, 7) is 7.77. The first-order chi connectivity index (χ1) is 9.95. The number of benzene rings is 1.